The first-order valence-corrected chi connectivity index (χ1v) is 10.2. The van der Waals surface area contributed by atoms with Crippen molar-refractivity contribution in [1.29, 1.82) is 0 Å². The van der Waals surface area contributed by atoms with Gasteiger partial charge in [-0.3, -0.25) is 14.5 Å². The Labute approximate surface area is 186 Å². The summed E-state index contributed by atoms with van der Waals surface area (Å²) in [6.45, 7) is 4.00. The lowest BCUT2D eigenvalue weighted by Gasteiger charge is -2.16. The topological polar surface area (TPSA) is 58.6 Å². The van der Waals surface area contributed by atoms with E-state index in [1.807, 2.05) is 32.0 Å². The Kier molecular flexibility index (Phi) is 5.77. The number of imide groups is 1. The molecule has 2 amide bonds. The van der Waals surface area contributed by atoms with E-state index in [0.717, 1.165) is 16.8 Å². The van der Waals surface area contributed by atoms with Crippen molar-refractivity contribution in [3.05, 3.63) is 100 Å². The van der Waals surface area contributed by atoms with E-state index in [0.29, 0.717) is 22.4 Å². The summed E-state index contributed by atoms with van der Waals surface area (Å²) in [6.07, 6.45) is 0. The lowest BCUT2D eigenvalue weighted by molar-refractivity contribution is -0.137. The molecular weight excluding hydrogens is 407 g/mol. The first-order chi connectivity index (χ1) is 15.4. The second-order valence-corrected chi connectivity index (χ2v) is 7.67. The van der Waals surface area contributed by atoms with Crippen LogP contribution in [0.3, 0.4) is 0 Å². The maximum atomic E-state index is 13.4. The molecule has 1 aliphatic rings. The molecule has 1 aliphatic heterocycles. The molecule has 0 spiro atoms. The minimum absolute atomic E-state index is 0.0512. The van der Waals surface area contributed by atoms with E-state index < -0.39 is 11.8 Å². The molecule has 1 N–H and O–H groups in total. The number of halogens is 1. The molecule has 0 aliphatic carbocycles. The van der Waals surface area contributed by atoms with Crippen LogP contribution in [0.1, 0.15) is 22.3 Å². The normalized spacial score (nSPS) is 13.7. The van der Waals surface area contributed by atoms with Gasteiger partial charge in [0.05, 0.1) is 19.2 Å². The van der Waals surface area contributed by atoms with Gasteiger partial charge < -0.3 is 10.1 Å². The zero-order valence-electron chi connectivity index (χ0n) is 18.1. The molecule has 4 rings (SSSR count). The Balaban J connectivity index is 1.76. The molecule has 3 aromatic rings. The number of hydrogen-bond donors (Lipinski definition) is 1. The third kappa shape index (κ3) is 3.99. The zero-order valence-corrected chi connectivity index (χ0v) is 18.1. The van der Waals surface area contributed by atoms with Crippen molar-refractivity contribution >= 4 is 23.1 Å². The second kappa shape index (κ2) is 8.67. The number of anilines is 1. The average Bonchev–Trinajstić information content (AvgIpc) is 3.02. The van der Waals surface area contributed by atoms with Crippen LogP contribution in [0.5, 0.6) is 5.75 Å². The molecule has 6 heteroatoms. The van der Waals surface area contributed by atoms with Gasteiger partial charge in [-0.1, -0.05) is 36.4 Å². The average molecular weight is 430 g/mol. The highest BCUT2D eigenvalue weighted by atomic mass is 19.1. The summed E-state index contributed by atoms with van der Waals surface area (Å²) in [4.78, 5) is 28.0. The first kappa shape index (κ1) is 21.3. The van der Waals surface area contributed by atoms with E-state index in [1.165, 1.54) is 17.0 Å². The van der Waals surface area contributed by atoms with Gasteiger partial charge in [-0.25, -0.2) is 4.39 Å². The highest BCUT2D eigenvalue weighted by Crippen LogP contribution is 2.33. The van der Waals surface area contributed by atoms with E-state index in [4.69, 9.17) is 4.74 Å². The molecule has 5 nitrogen and oxygen atoms in total. The van der Waals surface area contributed by atoms with Crippen LogP contribution in [0.2, 0.25) is 0 Å². The Hall–Kier alpha value is -3.93. The number of nitrogens with one attached hydrogen (secondary N) is 1. The van der Waals surface area contributed by atoms with Gasteiger partial charge in [0.25, 0.3) is 11.8 Å². The number of hydrogen-bond acceptors (Lipinski definition) is 4. The van der Waals surface area contributed by atoms with Gasteiger partial charge in [0.1, 0.15) is 17.3 Å². The number of benzene rings is 3. The van der Waals surface area contributed by atoms with Crippen LogP contribution in [-0.4, -0.2) is 23.8 Å². The molecule has 1 heterocycles. The van der Waals surface area contributed by atoms with E-state index in [1.54, 1.807) is 43.5 Å². The van der Waals surface area contributed by atoms with Crippen molar-refractivity contribution in [1.82, 2.24) is 4.90 Å². The molecule has 32 heavy (non-hydrogen) atoms. The molecule has 0 aromatic heterocycles. The Morgan fingerprint density at radius 2 is 1.59 bits per heavy atom. The summed E-state index contributed by atoms with van der Waals surface area (Å²) in [5, 5.41) is 3.21. The zero-order chi connectivity index (χ0) is 22.8. The molecular formula is C26H23FN2O3. The third-order valence-electron chi connectivity index (χ3n) is 5.66. The summed E-state index contributed by atoms with van der Waals surface area (Å²) < 4.78 is 18.5. The van der Waals surface area contributed by atoms with Gasteiger partial charge in [-0.2, -0.15) is 0 Å². The maximum absolute atomic E-state index is 13.4. The van der Waals surface area contributed by atoms with Crippen molar-refractivity contribution in [3.63, 3.8) is 0 Å². The maximum Gasteiger partial charge on any atom is 0.278 e. The van der Waals surface area contributed by atoms with E-state index in [2.05, 4.69) is 5.32 Å². The molecule has 0 bridgehead atoms. The number of nitrogens with zero attached hydrogens (tertiary/aromatic N) is 1. The van der Waals surface area contributed by atoms with Crippen LogP contribution in [0.15, 0.2) is 72.4 Å². The number of carbonyl (C=O) groups is 2. The number of amides is 2. The number of aryl methyl sites for hydroxylation is 1. The van der Waals surface area contributed by atoms with Crippen molar-refractivity contribution in [2.24, 2.45) is 0 Å². The fourth-order valence-electron chi connectivity index (χ4n) is 3.65. The lowest BCUT2D eigenvalue weighted by atomic mass is 10.0. The van der Waals surface area contributed by atoms with Crippen LogP contribution >= 0.6 is 0 Å². The Bertz CT molecular complexity index is 1210. The van der Waals surface area contributed by atoms with Gasteiger partial charge in [-0.15, -0.1) is 0 Å². The quantitative estimate of drug-likeness (QED) is 0.569. The monoisotopic (exact) mass is 430 g/mol. The van der Waals surface area contributed by atoms with Crippen molar-refractivity contribution in [2.45, 2.75) is 20.4 Å². The van der Waals surface area contributed by atoms with Gasteiger partial charge in [0.2, 0.25) is 0 Å². The molecule has 0 saturated heterocycles. The SMILES string of the molecule is COc1ccc(C2=C(Nc3cccc(C)c3C)C(=O)N(Cc3ccc(F)cc3)C2=O)cc1. The van der Waals surface area contributed by atoms with Crippen LogP contribution in [-0.2, 0) is 16.1 Å². The fraction of sp³-hybridized carbons (Fsp3) is 0.154. The first-order valence-electron chi connectivity index (χ1n) is 10.2. The van der Waals surface area contributed by atoms with Crippen LogP contribution in [0.4, 0.5) is 10.1 Å². The smallest absolute Gasteiger partial charge is 0.278 e. The van der Waals surface area contributed by atoms with Crippen molar-refractivity contribution in [3.8, 4) is 5.75 Å². The largest absolute Gasteiger partial charge is 0.497 e. The number of methoxy groups -OCH3 is 1. The molecule has 0 unspecified atom stereocenters. The number of carbonyl (C=O) groups excluding carboxylic acids is 2. The van der Waals surface area contributed by atoms with Gasteiger partial charge in [-0.05, 0) is 66.4 Å². The highest BCUT2D eigenvalue weighted by molar-refractivity contribution is 6.36. The standard InChI is InChI=1S/C26H23FN2O3/c1-16-5-4-6-22(17(16)2)28-24-23(19-9-13-21(32-3)14-10-19)25(30)29(26(24)31)15-18-7-11-20(27)12-8-18/h4-14,28H,15H2,1-3H3. The second-order valence-electron chi connectivity index (χ2n) is 7.67. The molecule has 0 radical (unpaired) electrons. The summed E-state index contributed by atoms with van der Waals surface area (Å²) >= 11 is 0. The molecule has 0 fully saturated rings. The summed E-state index contributed by atoms with van der Waals surface area (Å²) in [5.74, 6) is -0.552. The minimum atomic E-state index is -0.425. The minimum Gasteiger partial charge on any atom is -0.497 e. The molecule has 162 valence electrons. The lowest BCUT2D eigenvalue weighted by Crippen LogP contribution is -2.32. The number of ether oxygens (including phenoxy) is 1. The Morgan fingerprint density at radius 1 is 0.906 bits per heavy atom. The van der Waals surface area contributed by atoms with E-state index in [9.17, 15) is 14.0 Å². The predicted molar refractivity (Wildman–Crippen MR) is 121 cm³/mol. The van der Waals surface area contributed by atoms with Gasteiger partial charge in [0.15, 0.2) is 0 Å². The summed E-state index contributed by atoms with van der Waals surface area (Å²) in [6, 6.07) is 18.5. The van der Waals surface area contributed by atoms with E-state index >= 15 is 0 Å². The fourth-order valence-corrected chi connectivity index (χ4v) is 3.65. The third-order valence-corrected chi connectivity index (χ3v) is 5.66. The van der Waals surface area contributed by atoms with Gasteiger partial charge >= 0.3 is 0 Å². The molecule has 0 atom stereocenters. The predicted octanol–water partition coefficient (Wildman–Crippen LogP) is 4.84. The van der Waals surface area contributed by atoms with Crippen LogP contribution < -0.4 is 10.1 Å². The van der Waals surface area contributed by atoms with Crippen molar-refractivity contribution in [2.75, 3.05) is 12.4 Å². The highest BCUT2D eigenvalue weighted by Gasteiger charge is 2.39. The molecule has 0 saturated carbocycles. The van der Waals surface area contributed by atoms with Gasteiger partial charge in [0, 0.05) is 5.69 Å². The van der Waals surface area contributed by atoms with Crippen LogP contribution in [0.25, 0.3) is 5.57 Å². The number of rotatable bonds is 6. The van der Waals surface area contributed by atoms with E-state index in [-0.39, 0.29) is 18.1 Å². The molecule has 3 aromatic carbocycles. The Morgan fingerprint density at radius 3 is 2.25 bits per heavy atom. The van der Waals surface area contributed by atoms with Crippen LogP contribution in [0, 0.1) is 19.7 Å². The summed E-state index contributed by atoms with van der Waals surface area (Å²) in [7, 11) is 1.57. The van der Waals surface area contributed by atoms with Crippen molar-refractivity contribution < 1.29 is 18.7 Å². The summed E-state index contributed by atoms with van der Waals surface area (Å²) in [5.41, 5.74) is 4.61.